The number of hydrogen-bond acceptors (Lipinski definition) is 2. The second-order valence-electron chi connectivity index (χ2n) is 3.97. The summed E-state index contributed by atoms with van der Waals surface area (Å²) in [6.45, 7) is 6.13. The summed E-state index contributed by atoms with van der Waals surface area (Å²) in [5, 5.41) is 0. The molecule has 0 atom stereocenters. The SMILES string of the molecule is CCc1ccc(OCCOC(C)C)c(F)c1F. The minimum Gasteiger partial charge on any atom is -0.488 e. The quantitative estimate of drug-likeness (QED) is 0.715. The van der Waals surface area contributed by atoms with E-state index >= 15 is 0 Å². The molecule has 0 fully saturated rings. The molecule has 0 bridgehead atoms. The van der Waals surface area contributed by atoms with Crippen molar-refractivity contribution in [2.45, 2.75) is 33.3 Å². The molecule has 1 rings (SSSR count). The number of benzene rings is 1. The van der Waals surface area contributed by atoms with Crippen molar-refractivity contribution >= 4 is 0 Å². The zero-order chi connectivity index (χ0) is 12.8. The number of rotatable bonds is 6. The van der Waals surface area contributed by atoms with Crippen LogP contribution < -0.4 is 4.74 Å². The molecule has 0 aliphatic rings. The van der Waals surface area contributed by atoms with Crippen molar-refractivity contribution in [2.75, 3.05) is 13.2 Å². The highest BCUT2D eigenvalue weighted by Crippen LogP contribution is 2.22. The summed E-state index contributed by atoms with van der Waals surface area (Å²) in [6.07, 6.45) is 0.558. The molecule has 0 heterocycles. The summed E-state index contributed by atoms with van der Waals surface area (Å²) in [5.41, 5.74) is 0.355. The van der Waals surface area contributed by atoms with Crippen molar-refractivity contribution in [3.05, 3.63) is 29.3 Å². The molecule has 1 aromatic rings. The second-order valence-corrected chi connectivity index (χ2v) is 3.97. The highest BCUT2D eigenvalue weighted by Gasteiger charge is 2.13. The van der Waals surface area contributed by atoms with Crippen molar-refractivity contribution < 1.29 is 18.3 Å². The minimum atomic E-state index is -0.922. The fourth-order valence-electron chi connectivity index (χ4n) is 1.39. The Balaban J connectivity index is 2.57. The Morgan fingerprint density at radius 3 is 2.41 bits per heavy atom. The first-order chi connectivity index (χ1) is 8.06. The molecule has 0 saturated carbocycles. The Morgan fingerprint density at radius 1 is 1.12 bits per heavy atom. The normalized spacial score (nSPS) is 10.9. The molecule has 0 aromatic heterocycles. The lowest BCUT2D eigenvalue weighted by molar-refractivity contribution is 0.0542. The molecular weight excluding hydrogens is 226 g/mol. The van der Waals surface area contributed by atoms with Crippen LogP contribution in [0.25, 0.3) is 0 Å². The second kappa shape index (κ2) is 6.55. The van der Waals surface area contributed by atoms with Gasteiger partial charge in [-0.3, -0.25) is 0 Å². The highest BCUT2D eigenvalue weighted by atomic mass is 19.2. The van der Waals surface area contributed by atoms with Gasteiger partial charge in [0.1, 0.15) is 6.61 Å². The fraction of sp³-hybridized carbons (Fsp3) is 0.538. The van der Waals surface area contributed by atoms with Crippen LogP contribution in [0.5, 0.6) is 5.75 Å². The topological polar surface area (TPSA) is 18.5 Å². The van der Waals surface area contributed by atoms with Gasteiger partial charge in [0.15, 0.2) is 11.6 Å². The average molecular weight is 244 g/mol. The summed E-state index contributed by atoms with van der Waals surface area (Å²) in [7, 11) is 0. The first-order valence-electron chi connectivity index (χ1n) is 5.77. The monoisotopic (exact) mass is 244 g/mol. The molecule has 17 heavy (non-hydrogen) atoms. The molecule has 96 valence electrons. The molecule has 0 N–H and O–H groups in total. The molecule has 4 heteroatoms. The lowest BCUT2D eigenvalue weighted by Gasteiger charge is -2.11. The van der Waals surface area contributed by atoms with Crippen LogP contribution in [0.15, 0.2) is 12.1 Å². The molecule has 0 spiro atoms. The highest BCUT2D eigenvalue weighted by molar-refractivity contribution is 5.31. The summed E-state index contributed by atoms with van der Waals surface area (Å²) < 4.78 is 37.3. The first-order valence-corrected chi connectivity index (χ1v) is 5.77. The predicted octanol–water partition coefficient (Wildman–Crippen LogP) is 3.33. The summed E-state index contributed by atoms with van der Waals surface area (Å²) in [6, 6.07) is 2.99. The van der Waals surface area contributed by atoms with Gasteiger partial charge in [0.05, 0.1) is 12.7 Å². The van der Waals surface area contributed by atoms with Gasteiger partial charge in [-0.05, 0) is 31.9 Å². The largest absolute Gasteiger partial charge is 0.488 e. The van der Waals surface area contributed by atoms with E-state index in [-0.39, 0.29) is 18.5 Å². The molecule has 0 radical (unpaired) electrons. The smallest absolute Gasteiger partial charge is 0.200 e. The maximum atomic E-state index is 13.5. The molecule has 0 aliphatic carbocycles. The fourth-order valence-corrected chi connectivity index (χ4v) is 1.39. The van der Waals surface area contributed by atoms with E-state index in [2.05, 4.69) is 0 Å². The van der Waals surface area contributed by atoms with Crippen molar-refractivity contribution in [1.29, 1.82) is 0 Å². The van der Waals surface area contributed by atoms with Crippen molar-refractivity contribution in [1.82, 2.24) is 0 Å². The van der Waals surface area contributed by atoms with Crippen molar-refractivity contribution in [3.8, 4) is 5.75 Å². The van der Waals surface area contributed by atoms with Crippen LogP contribution in [0.2, 0.25) is 0 Å². The van der Waals surface area contributed by atoms with Crippen molar-refractivity contribution in [2.24, 2.45) is 0 Å². The van der Waals surface area contributed by atoms with Crippen LogP contribution in [0, 0.1) is 11.6 Å². The van der Waals surface area contributed by atoms with Gasteiger partial charge in [-0.1, -0.05) is 13.0 Å². The molecule has 2 nitrogen and oxygen atoms in total. The van der Waals surface area contributed by atoms with E-state index in [9.17, 15) is 8.78 Å². The molecule has 0 saturated heterocycles. The van der Waals surface area contributed by atoms with Crippen molar-refractivity contribution in [3.63, 3.8) is 0 Å². The van der Waals surface area contributed by atoms with Crippen LogP contribution in [-0.2, 0) is 11.2 Å². The third kappa shape index (κ3) is 3.97. The minimum absolute atomic E-state index is 0.0629. The van der Waals surface area contributed by atoms with E-state index in [1.54, 1.807) is 6.92 Å². The first kappa shape index (κ1) is 13.9. The van der Waals surface area contributed by atoms with E-state index in [0.717, 1.165) is 0 Å². The molecule has 0 aliphatic heterocycles. The number of halogens is 2. The van der Waals surface area contributed by atoms with E-state index < -0.39 is 11.6 Å². The van der Waals surface area contributed by atoms with Gasteiger partial charge in [0.25, 0.3) is 0 Å². The maximum Gasteiger partial charge on any atom is 0.200 e. The van der Waals surface area contributed by atoms with Crippen LogP contribution in [0.1, 0.15) is 26.3 Å². The van der Waals surface area contributed by atoms with Gasteiger partial charge in [0, 0.05) is 0 Å². The summed E-state index contributed by atoms with van der Waals surface area (Å²) >= 11 is 0. The van der Waals surface area contributed by atoms with Gasteiger partial charge in [0.2, 0.25) is 5.82 Å². The van der Waals surface area contributed by atoms with Gasteiger partial charge < -0.3 is 9.47 Å². The third-order valence-electron chi connectivity index (χ3n) is 2.30. The molecular formula is C13H18F2O2. The summed E-state index contributed by atoms with van der Waals surface area (Å²) in [5.74, 6) is -1.81. The standard InChI is InChI=1S/C13H18F2O2/c1-4-10-5-6-11(13(15)12(10)14)17-8-7-16-9(2)3/h5-6,9H,4,7-8H2,1-3H3. The van der Waals surface area contributed by atoms with Gasteiger partial charge in [-0.15, -0.1) is 0 Å². The Morgan fingerprint density at radius 2 is 1.82 bits per heavy atom. The lowest BCUT2D eigenvalue weighted by atomic mass is 10.1. The Labute approximate surface area is 101 Å². The lowest BCUT2D eigenvalue weighted by Crippen LogP contribution is -2.12. The van der Waals surface area contributed by atoms with Gasteiger partial charge in [-0.2, -0.15) is 4.39 Å². The van der Waals surface area contributed by atoms with Gasteiger partial charge in [-0.25, -0.2) is 4.39 Å². The van der Waals surface area contributed by atoms with Crippen LogP contribution >= 0.6 is 0 Å². The predicted molar refractivity (Wildman–Crippen MR) is 62.3 cm³/mol. The molecule has 0 amide bonds. The zero-order valence-corrected chi connectivity index (χ0v) is 10.4. The molecule has 0 unspecified atom stereocenters. The Kier molecular flexibility index (Phi) is 5.35. The van der Waals surface area contributed by atoms with E-state index in [1.165, 1.54) is 12.1 Å². The Hall–Kier alpha value is -1.16. The van der Waals surface area contributed by atoms with E-state index in [0.29, 0.717) is 18.6 Å². The number of aryl methyl sites for hydroxylation is 1. The summed E-state index contributed by atoms with van der Waals surface area (Å²) in [4.78, 5) is 0. The number of hydrogen-bond donors (Lipinski definition) is 0. The van der Waals surface area contributed by atoms with E-state index in [4.69, 9.17) is 9.47 Å². The zero-order valence-electron chi connectivity index (χ0n) is 10.4. The number of ether oxygens (including phenoxy) is 2. The molecule has 1 aromatic carbocycles. The van der Waals surface area contributed by atoms with Crippen LogP contribution in [-0.4, -0.2) is 19.3 Å². The maximum absolute atomic E-state index is 13.5. The third-order valence-corrected chi connectivity index (χ3v) is 2.30. The van der Waals surface area contributed by atoms with Crippen LogP contribution in [0.4, 0.5) is 8.78 Å². The Bertz CT molecular complexity index is 365. The van der Waals surface area contributed by atoms with Crippen LogP contribution in [0.3, 0.4) is 0 Å². The average Bonchev–Trinajstić information content (AvgIpc) is 2.29. The van der Waals surface area contributed by atoms with E-state index in [1.807, 2.05) is 13.8 Å². The van der Waals surface area contributed by atoms with Gasteiger partial charge >= 0.3 is 0 Å².